The number of anilines is 2. The molecule has 9 heteroatoms. The van der Waals surface area contributed by atoms with Crippen molar-refractivity contribution >= 4 is 41.3 Å². The minimum Gasteiger partial charge on any atom is -0.412 e. The Morgan fingerprint density at radius 2 is 1.10 bits per heavy atom. The Bertz CT molecular complexity index is 1570. The van der Waals surface area contributed by atoms with E-state index in [1.807, 2.05) is 53.4 Å². The topological polar surface area (TPSA) is 122 Å². The third kappa shape index (κ3) is 3.06. The average molecular weight is 547 g/mol. The van der Waals surface area contributed by atoms with E-state index in [1.54, 1.807) is 54.9 Å². The van der Waals surface area contributed by atoms with Gasteiger partial charge in [0.15, 0.2) is 0 Å². The number of nitrogens with zero attached hydrogens (tertiary/aromatic N) is 4. The lowest BCUT2D eigenvalue weighted by atomic mass is 9.49. The van der Waals surface area contributed by atoms with E-state index in [9.17, 15) is 19.2 Å². The Morgan fingerprint density at radius 3 is 1.59 bits per heavy atom. The average Bonchev–Trinajstić information content (AvgIpc) is 3.58. The first-order chi connectivity index (χ1) is 19.5. The van der Waals surface area contributed by atoms with Crippen LogP contribution < -0.4 is 9.80 Å². The largest absolute Gasteiger partial charge is 0.412 e. The van der Waals surface area contributed by atoms with E-state index in [1.165, 1.54) is 9.80 Å². The monoisotopic (exact) mass is 546 g/mol. The number of aliphatic imine (C=N–C) groups is 1. The highest BCUT2D eigenvalue weighted by Gasteiger charge is 2.79. The van der Waals surface area contributed by atoms with Crippen molar-refractivity contribution in [1.29, 1.82) is 0 Å². The van der Waals surface area contributed by atoms with Gasteiger partial charge in [-0.25, -0.2) is 14.8 Å². The van der Waals surface area contributed by atoms with E-state index in [2.05, 4.69) is 0 Å². The minimum absolute atomic E-state index is 0. The number of hydrogen-bond acceptors (Lipinski definition) is 6. The van der Waals surface area contributed by atoms with Gasteiger partial charge >= 0.3 is 0 Å². The molecule has 1 saturated carbocycles. The van der Waals surface area contributed by atoms with Crippen molar-refractivity contribution in [3.05, 3.63) is 108 Å². The molecule has 204 valence electrons. The number of imide groups is 2. The third-order valence-electron chi connectivity index (χ3n) is 9.28. The van der Waals surface area contributed by atoms with E-state index in [0.717, 1.165) is 5.56 Å². The molecule has 4 amide bonds. The van der Waals surface area contributed by atoms with Crippen molar-refractivity contribution in [1.82, 2.24) is 4.90 Å². The molecule has 0 aromatic heterocycles. The molecule has 1 spiro atoms. The molecular formula is C32H26N4O5. The highest BCUT2D eigenvalue weighted by Crippen LogP contribution is 2.66. The fourth-order valence-corrected chi connectivity index (χ4v) is 7.84. The van der Waals surface area contributed by atoms with Gasteiger partial charge in [-0.15, -0.1) is 0 Å². The van der Waals surface area contributed by atoms with Crippen molar-refractivity contribution in [3.63, 3.8) is 0 Å². The predicted molar refractivity (Wildman–Crippen MR) is 150 cm³/mol. The second kappa shape index (κ2) is 8.81. The van der Waals surface area contributed by atoms with Crippen molar-refractivity contribution in [3.8, 4) is 0 Å². The summed E-state index contributed by atoms with van der Waals surface area (Å²) in [4.78, 5) is 66.2. The maximum Gasteiger partial charge on any atom is 0.240 e. The molecule has 3 aliphatic heterocycles. The quantitative estimate of drug-likeness (QED) is 0.466. The van der Waals surface area contributed by atoms with Crippen LogP contribution >= 0.6 is 0 Å². The standard InChI is InChI=1S/C32H24N4O4.H2O/c37-28-24-22-16-23-32(34(18-33-23)17-19-10-4-1-5-11-19,26(24)30(39)35(28)20-12-6-2-7-13-20)27-25(22)29(38)36(31(27)40)21-14-8-3-9-15-21;/h1-16,18,22,24-27H,17H2;1H2/t22?,24-,25+,26+,27-,32?;. The summed E-state index contributed by atoms with van der Waals surface area (Å²) in [6.45, 7) is 0.373. The summed E-state index contributed by atoms with van der Waals surface area (Å²) < 4.78 is 0. The van der Waals surface area contributed by atoms with Gasteiger partial charge in [0.1, 0.15) is 5.54 Å². The molecule has 2 saturated heterocycles. The van der Waals surface area contributed by atoms with Crippen LogP contribution in [-0.4, -0.2) is 45.9 Å². The number of hydrogen-bond donors (Lipinski definition) is 0. The Balaban J connectivity index is 0.00000276. The molecule has 0 radical (unpaired) electrons. The van der Waals surface area contributed by atoms with Crippen LogP contribution in [0.1, 0.15) is 5.56 Å². The predicted octanol–water partition coefficient (Wildman–Crippen LogP) is 2.58. The summed E-state index contributed by atoms with van der Waals surface area (Å²) in [7, 11) is 0. The first-order valence-electron chi connectivity index (χ1n) is 13.5. The molecule has 2 bridgehead atoms. The molecule has 9 rings (SSSR count). The summed E-state index contributed by atoms with van der Waals surface area (Å²) in [5, 5.41) is 0. The summed E-state index contributed by atoms with van der Waals surface area (Å²) in [5.41, 5.74) is 1.30. The minimum atomic E-state index is -1.26. The molecule has 6 atom stereocenters. The number of rotatable bonds is 4. The fraction of sp³-hybridized carbons (Fsp3) is 0.219. The van der Waals surface area contributed by atoms with Crippen LogP contribution in [0.15, 0.2) is 108 Å². The lowest BCUT2D eigenvalue weighted by molar-refractivity contribution is -0.148. The molecular weight excluding hydrogens is 520 g/mol. The number of carbonyl (C=O) groups is 4. The third-order valence-corrected chi connectivity index (χ3v) is 9.28. The van der Waals surface area contributed by atoms with Crippen LogP contribution in [0.25, 0.3) is 0 Å². The van der Waals surface area contributed by atoms with Gasteiger partial charge in [-0.05, 0) is 29.8 Å². The first-order valence-corrected chi connectivity index (χ1v) is 13.5. The van der Waals surface area contributed by atoms with Crippen LogP contribution in [0.5, 0.6) is 0 Å². The first kappa shape index (κ1) is 25.1. The smallest absolute Gasteiger partial charge is 0.240 e. The van der Waals surface area contributed by atoms with Crippen LogP contribution in [0.2, 0.25) is 0 Å². The van der Waals surface area contributed by atoms with Gasteiger partial charge in [-0.1, -0.05) is 72.8 Å². The summed E-state index contributed by atoms with van der Waals surface area (Å²) in [6.07, 6.45) is 3.58. The molecule has 3 aromatic carbocycles. The van der Waals surface area contributed by atoms with E-state index in [-0.39, 0.29) is 29.1 Å². The second-order valence-corrected chi connectivity index (χ2v) is 11.0. The Labute approximate surface area is 235 Å². The Kier molecular flexibility index (Phi) is 5.39. The summed E-state index contributed by atoms with van der Waals surface area (Å²) in [6, 6.07) is 27.5. The van der Waals surface area contributed by atoms with Crippen LogP contribution in [0, 0.1) is 29.6 Å². The lowest BCUT2D eigenvalue weighted by Crippen LogP contribution is -2.69. The number of carbonyl (C=O) groups excluding carboxylic acids is 4. The van der Waals surface area contributed by atoms with E-state index >= 15 is 0 Å². The van der Waals surface area contributed by atoms with Crippen LogP contribution in [0.3, 0.4) is 0 Å². The molecule has 6 aliphatic rings. The van der Waals surface area contributed by atoms with Gasteiger partial charge in [-0.3, -0.25) is 19.2 Å². The zero-order valence-electron chi connectivity index (χ0n) is 21.8. The Hall–Kier alpha value is -4.89. The van der Waals surface area contributed by atoms with Gasteiger partial charge in [0.25, 0.3) is 0 Å². The van der Waals surface area contributed by atoms with Gasteiger partial charge in [0.05, 0.1) is 47.1 Å². The highest BCUT2D eigenvalue weighted by molar-refractivity contribution is 6.27. The van der Waals surface area contributed by atoms with E-state index in [4.69, 9.17) is 4.99 Å². The highest BCUT2D eigenvalue weighted by atomic mass is 16.2. The Morgan fingerprint density at radius 1 is 0.634 bits per heavy atom. The maximum absolute atomic E-state index is 14.4. The van der Waals surface area contributed by atoms with E-state index in [0.29, 0.717) is 23.6 Å². The molecule has 3 aromatic rings. The van der Waals surface area contributed by atoms with Gasteiger partial charge < -0.3 is 10.4 Å². The molecule has 2 unspecified atom stereocenters. The number of benzene rings is 3. The molecule has 2 N–H and O–H groups in total. The molecule has 3 fully saturated rings. The van der Waals surface area contributed by atoms with Crippen molar-refractivity contribution in [2.24, 2.45) is 34.6 Å². The second-order valence-electron chi connectivity index (χ2n) is 11.0. The van der Waals surface area contributed by atoms with Crippen molar-refractivity contribution in [2.75, 3.05) is 9.80 Å². The summed E-state index contributed by atoms with van der Waals surface area (Å²) in [5.74, 6) is -5.23. The molecule has 3 heterocycles. The number of para-hydroxylation sites is 2. The summed E-state index contributed by atoms with van der Waals surface area (Å²) >= 11 is 0. The van der Waals surface area contributed by atoms with Gasteiger partial charge in [0, 0.05) is 12.5 Å². The number of amides is 4. The van der Waals surface area contributed by atoms with Crippen LogP contribution in [-0.2, 0) is 25.7 Å². The van der Waals surface area contributed by atoms with Crippen molar-refractivity contribution in [2.45, 2.75) is 12.1 Å². The SMILES string of the molecule is O.O=C1[C@@H]2C3C=C4N=CN(Cc5ccccc5)C4([C@@H]2C(=O)N1c1ccccc1)[C@H]1C(=O)N(c2ccccc2)C(=O)[C@@H]31. The van der Waals surface area contributed by atoms with E-state index < -0.39 is 35.1 Å². The van der Waals surface area contributed by atoms with Gasteiger partial charge in [-0.2, -0.15) is 0 Å². The lowest BCUT2D eigenvalue weighted by Gasteiger charge is -2.56. The fourth-order valence-electron chi connectivity index (χ4n) is 7.84. The molecule has 9 nitrogen and oxygen atoms in total. The van der Waals surface area contributed by atoms with Gasteiger partial charge in [0.2, 0.25) is 23.6 Å². The van der Waals surface area contributed by atoms with Crippen LogP contribution in [0.4, 0.5) is 11.4 Å². The molecule has 3 aliphatic carbocycles. The molecule has 41 heavy (non-hydrogen) atoms. The maximum atomic E-state index is 14.4. The zero-order valence-corrected chi connectivity index (χ0v) is 21.8. The van der Waals surface area contributed by atoms with Crippen molar-refractivity contribution < 1.29 is 24.7 Å². The number of allylic oxidation sites excluding steroid dienone is 1. The zero-order chi connectivity index (χ0) is 27.2. The normalized spacial score (nSPS) is 30.8.